The number of hydrogen-bond donors (Lipinski definition) is 2. The highest BCUT2D eigenvalue weighted by Crippen LogP contribution is 2.30. The number of nitrogens with zero attached hydrogens (tertiary/aromatic N) is 3. The molecule has 12 heteroatoms. The van der Waals surface area contributed by atoms with Crippen molar-refractivity contribution in [3.63, 3.8) is 0 Å². The molecule has 2 N–H and O–H groups in total. The molecule has 0 bridgehead atoms. The first-order chi connectivity index (χ1) is 11.8. The van der Waals surface area contributed by atoms with Crippen LogP contribution >= 0.6 is 11.8 Å². The molecule has 0 spiro atoms. The van der Waals surface area contributed by atoms with E-state index in [1.54, 1.807) is 0 Å². The molecule has 1 aromatic rings. The topological polar surface area (TPSA) is 143 Å². The van der Waals surface area contributed by atoms with Crippen LogP contribution in [0.15, 0.2) is 22.3 Å². The number of carboxylic acid groups (broad SMARTS) is 1. The van der Waals surface area contributed by atoms with Gasteiger partial charge in [0.25, 0.3) is 0 Å². The van der Waals surface area contributed by atoms with Gasteiger partial charge in [0.15, 0.2) is 11.0 Å². The summed E-state index contributed by atoms with van der Waals surface area (Å²) >= 11 is 0.892. The number of hydrogen-bond acceptors (Lipinski definition) is 8. The quantitative estimate of drug-likeness (QED) is 0.434. The largest absolute Gasteiger partial charge is 0.488 e. The van der Waals surface area contributed by atoms with E-state index in [0.29, 0.717) is 0 Å². The molecule has 0 saturated carbocycles. The van der Waals surface area contributed by atoms with Gasteiger partial charge in [-0.25, -0.2) is 4.39 Å². The minimum absolute atomic E-state index is 0.0609. The fourth-order valence-corrected chi connectivity index (χ4v) is 2.82. The molecule has 0 radical (unpaired) electrons. The van der Waals surface area contributed by atoms with Gasteiger partial charge in [-0.05, 0) is 6.07 Å². The van der Waals surface area contributed by atoms with Gasteiger partial charge in [0.1, 0.15) is 5.25 Å². The van der Waals surface area contributed by atoms with E-state index >= 15 is 0 Å². The summed E-state index contributed by atoms with van der Waals surface area (Å²) in [6, 6.07) is 2.03. The molecule has 1 aliphatic rings. The van der Waals surface area contributed by atoms with Gasteiger partial charge in [-0.1, -0.05) is 11.8 Å². The minimum atomic E-state index is -1.13. The number of nitro benzene ring substituents is 1. The second-order valence-corrected chi connectivity index (χ2v) is 5.85. The van der Waals surface area contributed by atoms with E-state index < -0.39 is 39.3 Å². The number of amides is 1. The summed E-state index contributed by atoms with van der Waals surface area (Å²) in [6.07, 6.45) is 0.689. The first kappa shape index (κ1) is 18.3. The highest BCUT2D eigenvalue weighted by molar-refractivity contribution is 8.15. The zero-order valence-corrected chi connectivity index (χ0v) is 13.4. The van der Waals surface area contributed by atoms with Gasteiger partial charge in [0.05, 0.1) is 24.7 Å². The zero-order chi connectivity index (χ0) is 18.6. The average Bonchev–Trinajstić information content (AvgIpc) is 2.85. The Labute approximate surface area is 143 Å². The third-order valence-corrected chi connectivity index (χ3v) is 4.01. The molecule has 0 aromatic heterocycles. The monoisotopic (exact) mass is 370 g/mol. The third-order valence-electron chi connectivity index (χ3n) is 2.94. The smallest absolute Gasteiger partial charge is 0.314 e. The number of nitrogens with one attached hydrogen (secondary N) is 1. The van der Waals surface area contributed by atoms with Crippen LogP contribution in [0.5, 0.6) is 5.75 Å². The Kier molecular flexibility index (Phi) is 5.64. The number of amidine groups is 1. The van der Waals surface area contributed by atoms with Crippen molar-refractivity contribution >= 4 is 40.7 Å². The van der Waals surface area contributed by atoms with E-state index in [9.17, 15) is 24.1 Å². The molecule has 25 heavy (non-hydrogen) atoms. The Hall–Kier alpha value is -3.02. The molecule has 2 rings (SSSR count). The first-order valence-corrected chi connectivity index (χ1v) is 7.52. The van der Waals surface area contributed by atoms with Gasteiger partial charge in [0, 0.05) is 11.6 Å². The standard InChI is InChI=1S/C13H11FN4O6S/c1-24-11-7(14)2-6(3-8(11)18(22)23)5-15-17-13-16-12(21)9(25-13)4-10(19)20/h2-3,5,9H,4H2,1H3,(H,19,20)(H,16,17,21). The SMILES string of the molecule is COc1c(F)cc(C=NN=C2NC(=O)C(CC(=O)O)S2)cc1[N+](=O)[O-]. The summed E-state index contributed by atoms with van der Waals surface area (Å²) in [5.74, 6) is -3.06. The van der Waals surface area contributed by atoms with E-state index in [2.05, 4.69) is 20.3 Å². The Morgan fingerprint density at radius 2 is 2.32 bits per heavy atom. The fraction of sp³-hybridized carbons (Fsp3) is 0.231. The van der Waals surface area contributed by atoms with Crippen molar-refractivity contribution in [1.29, 1.82) is 0 Å². The second-order valence-electron chi connectivity index (χ2n) is 4.66. The Morgan fingerprint density at radius 1 is 1.60 bits per heavy atom. The zero-order valence-electron chi connectivity index (χ0n) is 12.6. The fourth-order valence-electron chi connectivity index (χ4n) is 1.90. The summed E-state index contributed by atoms with van der Waals surface area (Å²) < 4.78 is 18.4. The molecule has 1 fully saturated rings. The van der Waals surface area contributed by atoms with Crippen molar-refractivity contribution in [3.8, 4) is 5.75 Å². The van der Waals surface area contributed by atoms with Crippen molar-refractivity contribution in [2.75, 3.05) is 7.11 Å². The summed E-state index contributed by atoms with van der Waals surface area (Å²) in [6.45, 7) is 0. The highest BCUT2D eigenvalue weighted by Gasteiger charge is 2.32. The number of halogens is 1. The molecule has 1 atom stereocenters. The molecule has 1 aromatic carbocycles. The van der Waals surface area contributed by atoms with Crippen molar-refractivity contribution in [2.24, 2.45) is 10.2 Å². The van der Waals surface area contributed by atoms with E-state index in [4.69, 9.17) is 5.11 Å². The normalized spacial score (nSPS) is 18.6. The number of ether oxygens (including phenoxy) is 1. The molecule has 1 aliphatic heterocycles. The number of aliphatic carboxylic acids is 1. The van der Waals surface area contributed by atoms with Crippen molar-refractivity contribution < 1.29 is 28.7 Å². The van der Waals surface area contributed by atoms with E-state index in [0.717, 1.165) is 37.2 Å². The predicted octanol–water partition coefficient (Wildman–Crippen LogP) is 1.14. The van der Waals surface area contributed by atoms with Crippen LogP contribution in [0.25, 0.3) is 0 Å². The van der Waals surface area contributed by atoms with E-state index in [1.807, 2.05) is 0 Å². The number of rotatable bonds is 6. The number of methoxy groups -OCH3 is 1. The second kappa shape index (κ2) is 7.70. The lowest BCUT2D eigenvalue weighted by Crippen LogP contribution is -2.26. The number of benzene rings is 1. The lowest BCUT2D eigenvalue weighted by atomic mass is 10.2. The van der Waals surface area contributed by atoms with Gasteiger partial charge < -0.3 is 15.2 Å². The number of nitro groups is 1. The molecular weight excluding hydrogens is 359 g/mol. The molecule has 1 heterocycles. The Balaban J connectivity index is 2.16. The van der Waals surface area contributed by atoms with E-state index in [1.165, 1.54) is 0 Å². The maximum Gasteiger partial charge on any atom is 0.314 e. The van der Waals surface area contributed by atoms with Gasteiger partial charge in [-0.3, -0.25) is 19.7 Å². The molecule has 1 amide bonds. The van der Waals surface area contributed by atoms with Gasteiger partial charge in [-0.15, -0.1) is 5.10 Å². The van der Waals surface area contributed by atoms with Crippen LogP contribution in [-0.2, 0) is 9.59 Å². The van der Waals surface area contributed by atoms with Crippen molar-refractivity contribution in [2.45, 2.75) is 11.7 Å². The maximum atomic E-state index is 13.8. The maximum absolute atomic E-state index is 13.8. The number of carbonyl (C=O) groups is 2. The number of carbonyl (C=O) groups excluding carboxylic acids is 1. The molecule has 0 aliphatic carbocycles. The average molecular weight is 370 g/mol. The van der Waals surface area contributed by atoms with Crippen LogP contribution in [0, 0.1) is 15.9 Å². The van der Waals surface area contributed by atoms with Crippen LogP contribution in [0.4, 0.5) is 10.1 Å². The molecule has 1 saturated heterocycles. The predicted molar refractivity (Wildman–Crippen MR) is 86.4 cm³/mol. The third kappa shape index (κ3) is 4.50. The van der Waals surface area contributed by atoms with Crippen LogP contribution in [-0.4, -0.2) is 45.6 Å². The first-order valence-electron chi connectivity index (χ1n) is 6.64. The summed E-state index contributed by atoms with van der Waals surface area (Å²) in [5, 5.41) is 28.5. The van der Waals surface area contributed by atoms with Gasteiger partial charge in [-0.2, -0.15) is 5.10 Å². The lowest BCUT2D eigenvalue weighted by molar-refractivity contribution is -0.386. The van der Waals surface area contributed by atoms with Crippen molar-refractivity contribution in [3.05, 3.63) is 33.6 Å². The Morgan fingerprint density at radius 3 is 2.92 bits per heavy atom. The summed E-state index contributed by atoms with van der Waals surface area (Å²) in [5.41, 5.74) is -0.507. The van der Waals surface area contributed by atoms with Gasteiger partial charge >= 0.3 is 11.7 Å². The van der Waals surface area contributed by atoms with Gasteiger partial charge in [0.2, 0.25) is 11.7 Å². The number of carboxylic acids is 1. The van der Waals surface area contributed by atoms with Crippen LogP contribution in [0.2, 0.25) is 0 Å². The van der Waals surface area contributed by atoms with E-state index in [-0.39, 0.29) is 17.2 Å². The summed E-state index contributed by atoms with van der Waals surface area (Å²) in [7, 11) is 1.11. The molecule has 10 nitrogen and oxygen atoms in total. The summed E-state index contributed by atoms with van der Waals surface area (Å²) in [4.78, 5) is 32.3. The van der Waals surface area contributed by atoms with Crippen LogP contribution < -0.4 is 10.1 Å². The molecule has 132 valence electrons. The minimum Gasteiger partial charge on any atom is -0.488 e. The van der Waals surface area contributed by atoms with Crippen LogP contribution in [0.1, 0.15) is 12.0 Å². The van der Waals surface area contributed by atoms with Crippen LogP contribution in [0.3, 0.4) is 0 Å². The Bertz CT molecular complexity index is 797. The molecular formula is C13H11FN4O6S. The lowest BCUT2D eigenvalue weighted by Gasteiger charge is -2.03. The molecule has 1 unspecified atom stereocenters. The van der Waals surface area contributed by atoms with Crippen molar-refractivity contribution in [1.82, 2.24) is 5.32 Å². The number of thioether (sulfide) groups is 1. The highest BCUT2D eigenvalue weighted by atomic mass is 32.2.